The Balaban J connectivity index is 1.20. The molecule has 0 bridgehead atoms. The molecule has 2 aliphatic heterocycles. The Hall–Kier alpha value is -1.14. The number of unbranched alkanes of at least 4 members (excludes halogenated alkanes) is 1. The third kappa shape index (κ3) is 4.39. The maximum atomic E-state index is 12.5. The van der Waals surface area contributed by atoms with Crippen molar-refractivity contribution < 1.29 is 4.79 Å². The molecule has 1 aromatic heterocycles. The Bertz CT molecular complexity index is 700. The average Bonchev–Trinajstić information content (AvgIpc) is 3.34. The monoisotopic (exact) mass is 389 g/mol. The summed E-state index contributed by atoms with van der Waals surface area (Å²) in [6, 6.07) is 8.19. The van der Waals surface area contributed by atoms with Gasteiger partial charge >= 0.3 is 0 Å². The van der Waals surface area contributed by atoms with Gasteiger partial charge in [0.15, 0.2) is 0 Å². The number of H-pyrrole nitrogens is 1. The van der Waals surface area contributed by atoms with Crippen LogP contribution in [0.3, 0.4) is 0 Å². The Morgan fingerprint density at radius 1 is 1.19 bits per heavy atom. The number of hydrogen-bond donors (Lipinski definition) is 1. The molecule has 2 saturated heterocycles. The summed E-state index contributed by atoms with van der Waals surface area (Å²) in [6.45, 7) is 1.74. The summed E-state index contributed by atoms with van der Waals surface area (Å²) in [4.78, 5) is 22.7. The minimum Gasteiger partial charge on any atom is -0.343 e. The summed E-state index contributed by atoms with van der Waals surface area (Å²) in [5.74, 6) is 3.18. The van der Waals surface area contributed by atoms with Crippen molar-refractivity contribution >= 4 is 38.5 Å². The first-order valence-electron chi connectivity index (χ1n) is 9.80. The fourth-order valence-electron chi connectivity index (χ4n) is 3.94. The summed E-state index contributed by atoms with van der Waals surface area (Å²) in [6.07, 6.45) is 7.62. The highest BCUT2D eigenvalue weighted by atomic mass is 33.1. The number of fused-ring (bicyclic) bond motifs is 1. The number of aromatic amines is 1. The molecule has 4 rings (SSSR count). The zero-order chi connectivity index (χ0) is 17.8. The van der Waals surface area contributed by atoms with Gasteiger partial charge in [0.05, 0.1) is 11.0 Å². The van der Waals surface area contributed by atoms with E-state index in [1.54, 1.807) is 0 Å². The van der Waals surface area contributed by atoms with Gasteiger partial charge in [0.1, 0.15) is 5.82 Å². The van der Waals surface area contributed by atoms with Crippen molar-refractivity contribution in [1.82, 2.24) is 14.9 Å². The molecule has 0 spiro atoms. The molecule has 26 heavy (non-hydrogen) atoms. The number of rotatable bonds is 6. The van der Waals surface area contributed by atoms with Gasteiger partial charge in [0.2, 0.25) is 5.91 Å². The Morgan fingerprint density at radius 2 is 2.04 bits per heavy atom. The van der Waals surface area contributed by atoms with Crippen molar-refractivity contribution in [3.8, 4) is 0 Å². The summed E-state index contributed by atoms with van der Waals surface area (Å²) < 4.78 is 0. The molecule has 1 amide bonds. The van der Waals surface area contributed by atoms with Gasteiger partial charge in [-0.05, 0) is 44.2 Å². The Labute approximate surface area is 163 Å². The van der Waals surface area contributed by atoms with Gasteiger partial charge in [-0.25, -0.2) is 4.98 Å². The standard InChI is InChI=1S/C20H27N3OS2/c24-19(8-4-1-5-16-11-14-25-26-16)23-12-9-15(10-13-23)20-21-17-6-2-3-7-18(17)22-20/h2-3,6-7,15-16H,1,4-5,8-14H2,(H,21,22). The van der Waals surface area contributed by atoms with E-state index in [0.29, 0.717) is 11.8 Å². The van der Waals surface area contributed by atoms with E-state index in [2.05, 4.69) is 22.0 Å². The minimum absolute atomic E-state index is 0.349. The van der Waals surface area contributed by atoms with Gasteiger partial charge in [-0.2, -0.15) is 0 Å². The topological polar surface area (TPSA) is 49.0 Å². The molecule has 4 nitrogen and oxygen atoms in total. The van der Waals surface area contributed by atoms with Crippen molar-refractivity contribution in [2.24, 2.45) is 0 Å². The molecule has 140 valence electrons. The van der Waals surface area contributed by atoms with Crippen LogP contribution >= 0.6 is 21.6 Å². The third-order valence-corrected chi connectivity index (χ3v) is 8.54. The number of amides is 1. The Morgan fingerprint density at radius 3 is 2.81 bits per heavy atom. The number of likely N-dealkylation sites (tertiary alicyclic amines) is 1. The molecule has 2 aliphatic rings. The van der Waals surface area contributed by atoms with Crippen molar-refractivity contribution in [2.45, 2.75) is 56.1 Å². The van der Waals surface area contributed by atoms with Crippen LogP contribution in [-0.4, -0.2) is 44.9 Å². The summed E-state index contributed by atoms with van der Waals surface area (Å²) >= 11 is 0. The van der Waals surface area contributed by atoms with E-state index in [1.807, 2.05) is 33.7 Å². The highest BCUT2D eigenvalue weighted by molar-refractivity contribution is 8.77. The van der Waals surface area contributed by atoms with Gasteiger partial charge in [-0.1, -0.05) is 40.1 Å². The van der Waals surface area contributed by atoms with E-state index in [1.165, 1.54) is 25.0 Å². The zero-order valence-corrected chi connectivity index (χ0v) is 16.8. The molecule has 0 saturated carbocycles. The number of para-hydroxylation sites is 2. The lowest BCUT2D eigenvalue weighted by Crippen LogP contribution is -2.38. The maximum Gasteiger partial charge on any atom is 0.222 e. The van der Waals surface area contributed by atoms with Gasteiger partial charge in [-0.3, -0.25) is 4.79 Å². The minimum atomic E-state index is 0.349. The van der Waals surface area contributed by atoms with Crippen LogP contribution in [0.5, 0.6) is 0 Å². The zero-order valence-electron chi connectivity index (χ0n) is 15.2. The van der Waals surface area contributed by atoms with E-state index in [9.17, 15) is 4.79 Å². The predicted molar refractivity (Wildman–Crippen MR) is 112 cm³/mol. The molecule has 0 radical (unpaired) electrons. The van der Waals surface area contributed by atoms with Gasteiger partial charge in [0.25, 0.3) is 0 Å². The van der Waals surface area contributed by atoms with Gasteiger partial charge in [0, 0.05) is 36.4 Å². The fraction of sp³-hybridized carbons (Fsp3) is 0.600. The van der Waals surface area contributed by atoms with Crippen molar-refractivity contribution in [3.05, 3.63) is 30.1 Å². The number of nitrogens with one attached hydrogen (secondary N) is 1. The van der Waals surface area contributed by atoms with E-state index < -0.39 is 0 Å². The first-order valence-corrected chi connectivity index (χ1v) is 12.2. The van der Waals surface area contributed by atoms with Gasteiger partial charge < -0.3 is 9.88 Å². The van der Waals surface area contributed by atoms with Crippen LogP contribution in [0.4, 0.5) is 0 Å². The fourth-order valence-corrected chi connectivity index (χ4v) is 6.97. The number of hydrogen-bond acceptors (Lipinski definition) is 4. The van der Waals surface area contributed by atoms with E-state index in [0.717, 1.165) is 60.9 Å². The van der Waals surface area contributed by atoms with E-state index >= 15 is 0 Å². The highest BCUT2D eigenvalue weighted by Gasteiger charge is 2.25. The largest absolute Gasteiger partial charge is 0.343 e. The van der Waals surface area contributed by atoms with Crippen LogP contribution in [0.1, 0.15) is 56.7 Å². The lowest BCUT2D eigenvalue weighted by atomic mass is 9.96. The number of imidazole rings is 1. The van der Waals surface area contributed by atoms with E-state index in [4.69, 9.17) is 4.98 Å². The second-order valence-electron chi connectivity index (χ2n) is 7.37. The maximum absolute atomic E-state index is 12.5. The summed E-state index contributed by atoms with van der Waals surface area (Å²) in [5, 5.41) is 0.828. The van der Waals surface area contributed by atoms with E-state index in [-0.39, 0.29) is 0 Å². The number of carbonyl (C=O) groups excluding carboxylic acids is 1. The molecule has 3 heterocycles. The first-order chi connectivity index (χ1) is 12.8. The molecule has 1 atom stereocenters. The molecule has 6 heteroatoms. The summed E-state index contributed by atoms with van der Waals surface area (Å²) in [7, 11) is 4.04. The number of benzene rings is 1. The SMILES string of the molecule is O=C(CCCCC1CCSS1)N1CCC(c2nc3ccccc3[nH]2)CC1. The smallest absolute Gasteiger partial charge is 0.222 e. The molecule has 2 aromatic rings. The Kier molecular flexibility index (Phi) is 6.10. The van der Waals surface area contributed by atoms with Crippen LogP contribution in [0.15, 0.2) is 24.3 Å². The third-order valence-electron chi connectivity index (χ3n) is 5.54. The molecular weight excluding hydrogens is 362 g/mol. The number of carbonyl (C=O) groups is 1. The summed E-state index contributed by atoms with van der Waals surface area (Å²) in [5.41, 5.74) is 2.15. The van der Waals surface area contributed by atoms with Crippen LogP contribution in [0.2, 0.25) is 0 Å². The van der Waals surface area contributed by atoms with Crippen LogP contribution in [0, 0.1) is 0 Å². The van der Waals surface area contributed by atoms with Crippen LogP contribution < -0.4 is 0 Å². The second-order valence-corrected chi connectivity index (χ2v) is 10.2. The molecule has 1 aromatic carbocycles. The second kappa shape index (κ2) is 8.70. The van der Waals surface area contributed by atoms with Gasteiger partial charge in [-0.15, -0.1) is 0 Å². The lowest BCUT2D eigenvalue weighted by molar-refractivity contribution is -0.132. The van der Waals surface area contributed by atoms with Crippen molar-refractivity contribution in [3.63, 3.8) is 0 Å². The first kappa shape index (κ1) is 18.2. The van der Waals surface area contributed by atoms with Crippen molar-refractivity contribution in [1.29, 1.82) is 0 Å². The average molecular weight is 390 g/mol. The predicted octanol–water partition coefficient (Wildman–Crippen LogP) is 4.98. The highest BCUT2D eigenvalue weighted by Crippen LogP contribution is 2.40. The number of aromatic nitrogens is 2. The molecule has 0 aliphatic carbocycles. The molecular formula is C20H27N3OS2. The lowest BCUT2D eigenvalue weighted by Gasteiger charge is -2.31. The number of nitrogens with zero attached hydrogens (tertiary/aromatic N) is 2. The normalized spacial score (nSPS) is 21.5. The molecule has 2 fully saturated rings. The molecule has 1 N–H and O–H groups in total. The van der Waals surface area contributed by atoms with Crippen molar-refractivity contribution in [2.75, 3.05) is 18.8 Å². The van der Waals surface area contributed by atoms with Crippen LogP contribution in [0.25, 0.3) is 11.0 Å². The molecule has 1 unspecified atom stereocenters. The van der Waals surface area contributed by atoms with Crippen LogP contribution in [-0.2, 0) is 4.79 Å². The number of piperidine rings is 1. The quantitative estimate of drug-likeness (QED) is 0.559.